The molecule has 0 amide bonds. The summed E-state index contributed by atoms with van der Waals surface area (Å²) in [6, 6.07) is 33.0. The van der Waals surface area contributed by atoms with E-state index in [0.29, 0.717) is 0 Å². The first-order chi connectivity index (χ1) is 16.6. The van der Waals surface area contributed by atoms with E-state index in [-0.39, 0.29) is 0 Å². The van der Waals surface area contributed by atoms with Crippen molar-refractivity contribution in [1.82, 2.24) is 0 Å². The molecule has 4 aromatic carbocycles. The van der Waals surface area contributed by atoms with E-state index < -0.39 is 0 Å². The van der Waals surface area contributed by atoms with Crippen molar-refractivity contribution in [3.8, 4) is 11.5 Å². The van der Waals surface area contributed by atoms with E-state index in [1.54, 1.807) is 14.2 Å². The number of hydrogen-bond donors (Lipinski definition) is 0. The summed E-state index contributed by atoms with van der Waals surface area (Å²) in [7, 11) is 3.35. The van der Waals surface area contributed by atoms with Crippen LogP contribution in [-0.2, 0) is 0 Å². The Kier molecular flexibility index (Phi) is 7.24. The quantitative estimate of drug-likeness (QED) is 0.215. The summed E-state index contributed by atoms with van der Waals surface area (Å²) in [5.74, 6) is 1.64. The average molecular weight is 448 g/mol. The Balaban J connectivity index is 1.92. The normalized spacial score (nSPS) is 11.9. The van der Waals surface area contributed by atoms with Crippen LogP contribution >= 0.6 is 0 Å². The van der Waals surface area contributed by atoms with Crippen molar-refractivity contribution in [2.75, 3.05) is 14.2 Å². The predicted octanol–water partition coefficient (Wildman–Crippen LogP) is 7.68. The number of hydrogen-bond acceptors (Lipinski definition) is 3. The highest BCUT2D eigenvalue weighted by molar-refractivity contribution is 6.35. The number of allylic oxidation sites excluding steroid dienone is 1. The molecule has 0 aliphatic rings. The van der Waals surface area contributed by atoms with E-state index in [1.807, 2.05) is 36.4 Å². The predicted molar refractivity (Wildman–Crippen MR) is 142 cm³/mol. The van der Waals surface area contributed by atoms with Gasteiger partial charge in [-0.05, 0) is 67.4 Å². The summed E-state index contributed by atoms with van der Waals surface area (Å²) in [5.41, 5.74) is 8.49. The smallest absolute Gasteiger partial charge is 0.119 e. The standard InChI is InChI=1S/C31H29NO2/c1-22-5-11-25(12-6-22)30(21-24-9-17-28(33-3)18-10-24)31(26-13-7-23(2)8-14-26)32-27-15-19-29(34-4)20-16-27/h5-21H,1-4H3/b30-21+,32-31?. The molecule has 0 heterocycles. The second-order valence-corrected chi connectivity index (χ2v) is 8.22. The van der Waals surface area contributed by atoms with Gasteiger partial charge in [-0.3, -0.25) is 0 Å². The molecule has 170 valence electrons. The van der Waals surface area contributed by atoms with Gasteiger partial charge in [-0.15, -0.1) is 0 Å². The zero-order chi connectivity index (χ0) is 23.9. The highest BCUT2D eigenvalue weighted by Crippen LogP contribution is 2.28. The van der Waals surface area contributed by atoms with Crippen LogP contribution < -0.4 is 9.47 Å². The second-order valence-electron chi connectivity index (χ2n) is 8.22. The number of rotatable bonds is 7. The van der Waals surface area contributed by atoms with Crippen molar-refractivity contribution in [2.24, 2.45) is 4.99 Å². The van der Waals surface area contributed by atoms with Gasteiger partial charge < -0.3 is 9.47 Å². The zero-order valence-corrected chi connectivity index (χ0v) is 20.1. The van der Waals surface area contributed by atoms with Crippen molar-refractivity contribution in [2.45, 2.75) is 13.8 Å². The fourth-order valence-electron chi connectivity index (χ4n) is 3.67. The summed E-state index contributed by atoms with van der Waals surface area (Å²) in [5, 5.41) is 0. The molecule has 0 atom stereocenters. The van der Waals surface area contributed by atoms with Crippen LogP contribution in [0.1, 0.15) is 27.8 Å². The molecule has 0 aliphatic carbocycles. The first-order valence-electron chi connectivity index (χ1n) is 11.3. The lowest BCUT2D eigenvalue weighted by Gasteiger charge is -2.14. The van der Waals surface area contributed by atoms with E-state index in [1.165, 1.54) is 11.1 Å². The molecule has 0 fully saturated rings. The van der Waals surface area contributed by atoms with E-state index >= 15 is 0 Å². The molecule has 4 aromatic rings. The molecule has 0 saturated carbocycles. The first kappa shape index (κ1) is 23.1. The molecule has 0 bridgehead atoms. The van der Waals surface area contributed by atoms with Crippen molar-refractivity contribution >= 4 is 23.0 Å². The molecule has 0 aliphatic heterocycles. The van der Waals surface area contributed by atoms with Gasteiger partial charge in [0, 0.05) is 11.1 Å². The van der Waals surface area contributed by atoms with Crippen LogP contribution in [0.4, 0.5) is 5.69 Å². The van der Waals surface area contributed by atoms with Crippen LogP contribution in [0.15, 0.2) is 102 Å². The van der Waals surface area contributed by atoms with E-state index in [9.17, 15) is 0 Å². The molecular formula is C31H29NO2. The van der Waals surface area contributed by atoms with Gasteiger partial charge in [0.15, 0.2) is 0 Å². The number of methoxy groups -OCH3 is 2. The van der Waals surface area contributed by atoms with Crippen LogP contribution in [0.3, 0.4) is 0 Å². The Labute approximate surface area is 202 Å². The van der Waals surface area contributed by atoms with Crippen LogP contribution in [0.2, 0.25) is 0 Å². The van der Waals surface area contributed by atoms with Gasteiger partial charge in [0.25, 0.3) is 0 Å². The third kappa shape index (κ3) is 5.62. The highest BCUT2D eigenvalue weighted by atomic mass is 16.5. The Bertz CT molecular complexity index is 1180. The van der Waals surface area contributed by atoms with Gasteiger partial charge >= 0.3 is 0 Å². The van der Waals surface area contributed by atoms with E-state index in [0.717, 1.165) is 45.2 Å². The third-order valence-electron chi connectivity index (χ3n) is 5.68. The molecule has 34 heavy (non-hydrogen) atoms. The number of benzene rings is 4. The second kappa shape index (κ2) is 10.7. The van der Waals surface area contributed by atoms with Gasteiger partial charge in [0.1, 0.15) is 11.5 Å². The molecule has 0 N–H and O–H groups in total. The summed E-state index contributed by atoms with van der Waals surface area (Å²) >= 11 is 0. The van der Waals surface area contributed by atoms with Gasteiger partial charge in [0.05, 0.1) is 25.6 Å². The van der Waals surface area contributed by atoms with Gasteiger partial charge in [-0.1, -0.05) is 71.8 Å². The molecule has 0 aromatic heterocycles. The van der Waals surface area contributed by atoms with Gasteiger partial charge in [-0.2, -0.15) is 0 Å². The molecule has 0 saturated heterocycles. The summed E-state index contributed by atoms with van der Waals surface area (Å²) < 4.78 is 10.7. The Hall–Kier alpha value is -4.11. The molecule has 4 rings (SSSR count). The van der Waals surface area contributed by atoms with E-state index in [2.05, 4.69) is 80.6 Å². The van der Waals surface area contributed by atoms with Crippen LogP contribution in [0.25, 0.3) is 11.6 Å². The Morgan fingerprint density at radius 2 is 1.06 bits per heavy atom. The lowest BCUT2D eigenvalue weighted by atomic mass is 9.92. The number of aryl methyl sites for hydroxylation is 2. The van der Waals surface area contributed by atoms with Crippen molar-refractivity contribution < 1.29 is 9.47 Å². The minimum absolute atomic E-state index is 0.809. The molecule has 0 radical (unpaired) electrons. The number of aliphatic imine (C=N–C) groups is 1. The minimum Gasteiger partial charge on any atom is -0.497 e. The SMILES string of the molecule is COc1ccc(/C=C(/C(=Nc2ccc(OC)cc2)c2ccc(C)cc2)c2ccc(C)cc2)cc1. The molecule has 3 nitrogen and oxygen atoms in total. The van der Waals surface area contributed by atoms with Crippen LogP contribution in [-0.4, -0.2) is 19.9 Å². The summed E-state index contributed by atoms with van der Waals surface area (Å²) in [4.78, 5) is 5.13. The fraction of sp³-hybridized carbons (Fsp3) is 0.129. The molecule has 0 unspecified atom stereocenters. The highest BCUT2D eigenvalue weighted by Gasteiger charge is 2.14. The number of ether oxygens (including phenoxy) is 2. The monoisotopic (exact) mass is 447 g/mol. The van der Waals surface area contributed by atoms with Gasteiger partial charge in [-0.25, -0.2) is 4.99 Å². The lowest BCUT2D eigenvalue weighted by Crippen LogP contribution is -2.05. The van der Waals surface area contributed by atoms with Crippen molar-refractivity contribution in [1.29, 1.82) is 0 Å². The third-order valence-corrected chi connectivity index (χ3v) is 5.68. The maximum Gasteiger partial charge on any atom is 0.119 e. The van der Waals surface area contributed by atoms with Crippen molar-refractivity contribution in [3.05, 3.63) is 125 Å². The minimum atomic E-state index is 0.809. The fourth-order valence-corrected chi connectivity index (χ4v) is 3.67. The lowest BCUT2D eigenvalue weighted by molar-refractivity contribution is 0.414. The topological polar surface area (TPSA) is 30.8 Å². The molecule has 3 heteroatoms. The number of nitrogens with zero attached hydrogens (tertiary/aromatic N) is 1. The van der Waals surface area contributed by atoms with Crippen LogP contribution in [0.5, 0.6) is 11.5 Å². The maximum absolute atomic E-state index is 5.34. The largest absolute Gasteiger partial charge is 0.497 e. The molecular weight excluding hydrogens is 418 g/mol. The summed E-state index contributed by atoms with van der Waals surface area (Å²) in [6.07, 6.45) is 2.19. The van der Waals surface area contributed by atoms with E-state index in [4.69, 9.17) is 14.5 Å². The first-order valence-corrected chi connectivity index (χ1v) is 11.3. The van der Waals surface area contributed by atoms with Crippen LogP contribution in [0, 0.1) is 13.8 Å². The van der Waals surface area contributed by atoms with Gasteiger partial charge in [0.2, 0.25) is 0 Å². The van der Waals surface area contributed by atoms with Crippen molar-refractivity contribution in [3.63, 3.8) is 0 Å². The maximum atomic E-state index is 5.34. The zero-order valence-electron chi connectivity index (χ0n) is 20.1. The Morgan fingerprint density at radius 1 is 0.588 bits per heavy atom. The Morgan fingerprint density at radius 3 is 1.56 bits per heavy atom. The summed E-state index contributed by atoms with van der Waals surface area (Å²) in [6.45, 7) is 4.20. The molecule has 0 spiro atoms. The average Bonchev–Trinajstić information content (AvgIpc) is 2.88.